The summed E-state index contributed by atoms with van der Waals surface area (Å²) in [7, 11) is 0. The number of para-hydroxylation sites is 1. The number of nitrogens with one attached hydrogen (secondary N) is 1. The minimum atomic E-state index is -0.597. The van der Waals surface area contributed by atoms with Crippen LogP contribution in [0.3, 0.4) is 0 Å². The second-order valence-electron chi connectivity index (χ2n) is 7.75. The molecule has 1 saturated carbocycles. The molecule has 1 aliphatic rings. The highest BCUT2D eigenvalue weighted by Gasteiger charge is 2.17. The summed E-state index contributed by atoms with van der Waals surface area (Å²) in [4.78, 5) is 16.8. The van der Waals surface area contributed by atoms with E-state index in [1.54, 1.807) is 6.20 Å². The fourth-order valence-corrected chi connectivity index (χ4v) is 4.58. The van der Waals surface area contributed by atoms with Crippen LogP contribution in [0.15, 0.2) is 60.9 Å². The van der Waals surface area contributed by atoms with Crippen molar-refractivity contribution in [2.45, 2.75) is 38.1 Å². The van der Waals surface area contributed by atoms with E-state index in [-0.39, 0.29) is 0 Å². The molecule has 0 unspecified atom stereocenters. The zero-order chi connectivity index (χ0) is 20.5. The predicted molar refractivity (Wildman–Crippen MR) is 120 cm³/mol. The molecule has 2 aromatic carbocycles. The van der Waals surface area contributed by atoms with Gasteiger partial charge < -0.3 is 9.30 Å². The van der Waals surface area contributed by atoms with E-state index in [0.29, 0.717) is 22.5 Å². The summed E-state index contributed by atoms with van der Waals surface area (Å²) >= 11 is 6.43. The number of hydrogen-bond donors (Lipinski definition) is 1. The Kier molecular flexibility index (Phi) is 5.05. The maximum Gasteiger partial charge on any atom is 0.417 e. The largest absolute Gasteiger partial charge is 0.417 e. The van der Waals surface area contributed by atoms with Crippen LogP contribution >= 0.6 is 11.6 Å². The number of amides is 1. The van der Waals surface area contributed by atoms with Gasteiger partial charge in [-0.1, -0.05) is 49.1 Å². The first-order valence-electron chi connectivity index (χ1n) is 10.3. The molecular weight excluding hydrogens is 398 g/mol. The maximum atomic E-state index is 12.4. The van der Waals surface area contributed by atoms with Crippen molar-refractivity contribution >= 4 is 45.2 Å². The Morgan fingerprint density at radius 3 is 2.80 bits per heavy atom. The average Bonchev–Trinajstić information content (AvgIpc) is 3.20. The van der Waals surface area contributed by atoms with Gasteiger partial charge >= 0.3 is 6.09 Å². The molecular formula is C24H22ClN3O2. The molecule has 0 bridgehead atoms. The molecule has 152 valence electrons. The first kappa shape index (κ1) is 18.9. The third-order valence-electron chi connectivity index (χ3n) is 5.82. The Hall–Kier alpha value is -3.05. The summed E-state index contributed by atoms with van der Waals surface area (Å²) in [5, 5.41) is 4.98. The number of hydrogen-bond acceptors (Lipinski definition) is 3. The number of fused-ring (bicyclic) bond motifs is 2. The number of aromatic nitrogens is 2. The van der Waals surface area contributed by atoms with E-state index >= 15 is 0 Å². The molecule has 6 heteroatoms. The second kappa shape index (κ2) is 8.00. The molecule has 4 aromatic rings. The molecule has 0 aliphatic heterocycles. The molecule has 30 heavy (non-hydrogen) atoms. The number of ether oxygens (including phenoxy) is 1. The zero-order valence-electron chi connectivity index (χ0n) is 16.5. The second-order valence-corrected chi connectivity index (χ2v) is 8.13. The Morgan fingerprint density at radius 2 is 1.93 bits per heavy atom. The summed E-state index contributed by atoms with van der Waals surface area (Å²) in [5.74, 6) is 0.492. The lowest BCUT2D eigenvalue weighted by Gasteiger charge is -2.24. The standard InChI is InChI=1S/C24H22ClN3O2/c25-23-19-8-4-5-9-20(19)26-15-21(23)27-24(29)30-18-10-11-22-16(14-18)12-13-28(22)17-6-2-1-3-7-17/h4-5,8-15,17H,1-3,6-7H2,(H,27,29). The number of carbonyl (C=O) groups excluding carboxylic acids is 1. The van der Waals surface area contributed by atoms with E-state index in [1.165, 1.54) is 37.6 Å². The van der Waals surface area contributed by atoms with Gasteiger partial charge in [-0.3, -0.25) is 10.3 Å². The van der Waals surface area contributed by atoms with Gasteiger partial charge in [-0.25, -0.2) is 4.79 Å². The van der Waals surface area contributed by atoms with Crippen molar-refractivity contribution in [1.82, 2.24) is 9.55 Å². The van der Waals surface area contributed by atoms with Gasteiger partial charge in [0.25, 0.3) is 0 Å². The summed E-state index contributed by atoms with van der Waals surface area (Å²) in [6.45, 7) is 0. The smallest absolute Gasteiger partial charge is 0.410 e. The molecule has 2 aromatic heterocycles. The Labute approximate surface area is 179 Å². The van der Waals surface area contributed by atoms with Gasteiger partial charge in [0.1, 0.15) is 5.75 Å². The van der Waals surface area contributed by atoms with Gasteiger partial charge in [0, 0.05) is 28.5 Å². The summed E-state index contributed by atoms with van der Waals surface area (Å²) in [6, 6.07) is 15.9. The van der Waals surface area contributed by atoms with Crippen LogP contribution in [-0.2, 0) is 0 Å². The molecule has 0 atom stereocenters. The summed E-state index contributed by atoms with van der Waals surface area (Å²) in [5.41, 5.74) is 2.37. The first-order valence-corrected chi connectivity index (χ1v) is 10.7. The molecule has 0 radical (unpaired) electrons. The number of carbonyl (C=O) groups is 1. The van der Waals surface area contributed by atoms with E-state index < -0.39 is 6.09 Å². The number of benzene rings is 2. The van der Waals surface area contributed by atoms with Gasteiger partial charge in [-0.05, 0) is 43.2 Å². The van der Waals surface area contributed by atoms with Gasteiger partial charge in [0.2, 0.25) is 0 Å². The van der Waals surface area contributed by atoms with Crippen molar-refractivity contribution in [2.75, 3.05) is 5.32 Å². The van der Waals surface area contributed by atoms with Crippen molar-refractivity contribution in [3.8, 4) is 5.75 Å². The zero-order valence-corrected chi connectivity index (χ0v) is 17.2. The van der Waals surface area contributed by atoms with Crippen LogP contribution in [0.5, 0.6) is 5.75 Å². The van der Waals surface area contributed by atoms with Crippen molar-refractivity contribution in [1.29, 1.82) is 0 Å². The number of rotatable bonds is 3. The van der Waals surface area contributed by atoms with Gasteiger partial charge in [0.15, 0.2) is 0 Å². The normalized spacial score (nSPS) is 14.8. The molecule has 0 spiro atoms. The average molecular weight is 420 g/mol. The van der Waals surface area contributed by atoms with Gasteiger partial charge in [-0.2, -0.15) is 0 Å². The number of anilines is 1. The van der Waals surface area contributed by atoms with E-state index in [4.69, 9.17) is 16.3 Å². The summed E-state index contributed by atoms with van der Waals surface area (Å²) < 4.78 is 7.86. The van der Waals surface area contributed by atoms with Crippen molar-refractivity contribution in [3.63, 3.8) is 0 Å². The highest BCUT2D eigenvalue weighted by Crippen LogP contribution is 2.33. The van der Waals surface area contributed by atoms with E-state index in [9.17, 15) is 4.79 Å². The molecule has 1 amide bonds. The minimum absolute atomic E-state index is 0.421. The molecule has 1 fully saturated rings. The lowest BCUT2D eigenvalue weighted by molar-refractivity contribution is 0.215. The lowest BCUT2D eigenvalue weighted by Crippen LogP contribution is -2.17. The molecule has 5 rings (SSSR count). The van der Waals surface area contributed by atoms with Crippen LogP contribution in [0.2, 0.25) is 5.02 Å². The minimum Gasteiger partial charge on any atom is -0.410 e. The van der Waals surface area contributed by atoms with Crippen molar-refractivity contribution < 1.29 is 9.53 Å². The van der Waals surface area contributed by atoms with Gasteiger partial charge in [0.05, 0.1) is 22.4 Å². The van der Waals surface area contributed by atoms with E-state index in [2.05, 4.69) is 27.1 Å². The van der Waals surface area contributed by atoms with Crippen LogP contribution in [0.1, 0.15) is 38.1 Å². The van der Waals surface area contributed by atoms with Gasteiger partial charge in [-0.15, -0.1) is 0 Å². The molecule has 1 aliphatic carbocycles. The summed E-state index contributed by atoms with van der Waals surface area (Å²) in [6.07, 6.45) is 9.45. The SMILES string of the molecule is O=C(Nc1cnc2ccccc2c1Cl)Oc1ccc2c(ccn2C2CCCCC2)c1. The topological polar surface area (TPSA) is 56.1 Å². The predicted octanol–water partition coefficient (Wildman–Crippen LogP) is 6.96. The molecule has 0 saturated heterocycles. The molecule has 1 N–H and O–H groups in total. The van der Waals surface area contributed by atoms with Crippen LogP contribution in [0, 0.1) is 0 Å². The van der Waals surface area contributed by atoms with Crippen LogP contribution in [-0.4, -0.2) is 15.6 Å². The fraction of sp³-hybridized carbons (Fsp3) is 0.250. The number of halogens is 1. The van der Waals surface area contributed by atoms with Crippen LogP contribution in [0.25, 0.3) is 21.8 Å². The Bertz CT molecular complexity index is 1230. The number of pyridine rings is 1. The Morgan fingerprint density at radius 1 is 1.10 bits per heavy atom. The monoisotopic (exact) mass is 419 g/mol. The number of nitrogens with zero attached hydrogens (tertiary/aromatic N) is 2. The van der Waals surface area contributed by atoms with Crippen molar-refractivity contribution in [3.05, 3.63) is 65.9 Å². The van der Waals surface area contributed by atoms with Crippen molar-refractivity contribution in [2.24, 2.45) is 0 Å². The van der Waals surface area contributed by atoms with E-state index in [1.807, 2.05) is 42.5 Å². The molecule has 2 heterocycles. The highest BCUT2D eigenvalue weighted by molar-refractivity contribution is 6.38. The lowest BCUT2D eigenvalue weighted by atomic mass is 9.95. The maximum absolute atomic E-state index is 12.4. The van der Waals surface area contributed by atoms with Crippen LogP contribution < -0.4 is 10.1 Å². The molecule has 5 nitrogen and oxygen atoms in total. The first-order chi connectivity index (χ1) is 14.7. The third-order valence-corrected chi connectivity index (χ3v) is 6.22. The third kappa shape index (κ3) is 3.61. The van der Waals surface area contributed by atoms with E-state index in [0.717, 1.165) is 16.3 Å². The highest BCUT2D eigenvalue weighted by atomic mass is 35.5. The Balaban J connectivity index is 1.33. The van der Waals surface area contributed by atoms with Crippen LogP contribution in [0.4, 0.5) is 10.5 Å². The fourth-order valence-electron chi connectivity index (χ4n) is 4.32. The quantitative estimate of drug-likeness (QED) is 0.390.